The molecule has 1 N–H and O–H groups in total. The second-order valence-corrected chi connectivity index (χ2v) is 5.63. The maximum atomic E-state index is 12.4. The molecule has 1 saturated carbocycles. The predicted octanol–water partition coefficient (Wildman–Crippen LogP) is 1.45. The van der Waals surface area contributed by atoms with E-state index < -0.39 is 30.1 Å². The third-order valence-electron chi connectivity index (χ3n) is 3.87. The number of carbonyl (C=O) groups is 2. The molecular weight excluding hydrogens is 261 g/mol. The van der Waals surface area contributed by atoms with Crippen LogP contribution in [0.1, 0.15) is 33.1 Å². The number of hydrogen-bond acceptors (Lipinski definition) is 2. The molecule has 2 atom stereocenters. The molecule has 7 heteroatoms. The largest absolute Gasteiger partial charge is 0.391 e. The Kier molecular flexibility index (Phi) is 3.26. The highest BCUT2D eigenvalue weighted by Gasteiger charge is 2.53. The van der Waals surface area contributed by atoms with Crippen LogP contribution < -0.4 is 5.32 Å². The summed E-state index contributed by atoms with van der Waals surface area (Å²) < 4.78 is 37.2. The van der Waals surface area contributed by atoms with E-state index in [1.165, 1.54) is 6.92 Å². The molecule has 2 amide bonds. The lowest BCUT2D eigenvalue weighted by Gasteiger charge is -2.42. The van der Waals surface area contributed by atoms with Gasteiger partial charge in [0.25, 0.3) is 0 Å². The maximum Gasteiger partial charge on any atom is 0.391 e. The molecular formula is C12H17F3N2O2. The molecule has 0 bridgehead atoms. The second-order valence-electron chi connectivity index (χ2n) is 5.63. The topological polar surface area (TPSA) is 49.4 Å². The van der Waals surface area contributed by atoms with Crippen LogP contribution in [0.25, 0.3) is 0 Å². The van der Waals surface area contributed by atoms with Crippen LogP contribution in [-0.2, 0) is 9.59 Å². The maximum absolute atomic E-state index is 12.4. The lowest BCUT2D eigenvalue weighted by Crippen LogP contribution is -2.68. The van der Waals surface area contributed by atoms with Crippen LogP contribution in [0.4, 0.5) is 13.2 Å². The number of halogens is 3. The minimum atomic E-state index is -4.34. The van der Waals surface area contributed by atoms with Crippen molar-refractivity contribution < 1.29 is 22.8 Å². The third-order valence-corrected chi connectivity index (χ3v) is 3.87. The van der Waals surface area contributed by atoms with Crippen LogP contribution in [0.2, 0.25) is 0 Å². The van der Waals surface area contributed by atoms with Gasteiger partial charge in [-0.25, -0.2) is 0 Å². The molecule has 1 heterocycles. The fourth-order valence-electron chi connectivity index (χ4n) is 2.65. The molecule has 4 nitrogen and oxygen atoms in total. The number of nitrogens with one attached hydrogen (secondary N) is 1. The van der Waals surface area contributed by atoms with Crippen LogP contribution in [-0.4, -0.2) is 41.0 Å². The monoisotopic (exact) mass is 278 g/mol. The minimum Gasteiger partial charge on any atom is -0.340 e. The van der Waals surface area contributed by atoms with E-state index in [1.54, 1.807) is 6.92 Å². The van der Waals surface area contributed by atoms with Gasteiger partial charge in [-0.3, -0.25) is 9.59 Å². The number of hydrogen-bond donors (Lipinski definition) is 1. The summed E-state index contributed by atoms with van der Waals surface area (Å²) in [5.41, 5.74) is -1.03. The van der Waals surface area contributed by atoms with Crippen LogP contribution in [0.15, 0.2) is 0 Å². The zero-order valence-corrected chi connectivity index (χ0v) is 10.9. The number of carbonyl (C=O) groups excluding carboxylic acids is 2. The first-order valence-electron chi connectivity index (χ1n) is 6.32. The van der Waals surface area contributed by atoms with Crippen molar-refractivity contribution in [3.63, 3.8) is 0 Å². The Hall–Kier alpha value is -1.27. The first-order chi connectivity index (χ1) is 8.63. The van der Waals surface area contributed by atoms with Crippen molar-refractivity contribution >= 4 is 11.8 Å². The molecule has 2 aliphatic rings. The fourth-order valence-corrected chi connectivity index (χ4v) is 2.65. The quantitative estimate of drug-likeness (QED) is 0.849. The van der Waals surface area contributed by atoms with Crippen LogP contribution in [0.3, 0.4) is 0 Å². The molecule has 2 fully saturated rings. The molecule has 1 saturated heterocycles. The van der Waals surface area contributed by atoms with Crippen LogP contribution in [0, 0.1) is 5.92 Å². The van der Waals surface area contributed by atoms with Gasteiger partial charge < -0.3 is 10.2 Å². The first-order valence-corrected chi connectivity index (χ1v) is 6.32. The number of alkyl halides is 3. The van der Waals surface area contributed by atoms with Gasteiger partial charge in [0.15, 0.2) is 0 Å². The van der Waals surface area contributed by atoms with E-state index >= 15 is 0 Å². The van der Waals surface area contributed by atoms with E-state index in [1.807, 2.05) is 0 Å². The molecule has 0 radical (unpaired) electrons. The standard InChI is InChI=1S/C12H17F3N2O2/c1-7(5-12(13,14)15)17-6-9(18)16-11(2,10(17)19)8-3-4-8/h7-8H,3-6H2,1-2H3,(H,16,18). The van der Waals surface area contributed by atoms with Crippen molar-refractivity contribution in [2.75, 3.05) is 6.54 Å². The van der Waals surface area contributed by atoms with Gasteiger partial charge in [-0.1, -0.05) is 0 Å². The molecule has 0 aromatic heterocycles. The van der Waals surface area contributed by atoms with Gasteiger partial charge in [-0.2, -0.15) is 13.2 Å². The Balaban J connectivity index is 2.15. The van der Waals surface area contributed by atoms with E-state index in [4.69, 9.17) is 0 Å². The van der Waals surface area contributed by atoms with Gasteiger partial charge in [0, 0.05) is 6.04 Å². The summed E-state index contributed by atoms with van der Waals surface area (Å²) in [6.45, 7) is 2.65. The molecule has 0 aromatic rings. The van der Waals surface area contributed by atoms with Gasteiger partial charge >= 0.3 is 6.18 Å². The van der Waals surface area contributed by atoms with Crippen LogP contribution in [0.5, 0.6) is 0 Å². The second kappa shape index (κ2) is 4.38. The number of nitrogens with zero attached hydrogens (tertiary/aromatic N) is 1. The van der Waals surface area contributed by atoms with Crippen molar-refractivity contribution in [2.45, 2.75) is 50.9 Å². The Morgan fingerprint density at radius 3 is 2.47 bits per heavy atom. The third kappa shape index (κ3) is 2.84. The average Bonchev–Trinajstić information content (AvgIpc) is 3.04. The lowest BCUT2D eigenvalue weighted by atomic mass is 9.90. The SMILES string of the molecule is CC(CC(F)(F)F)N1CC(=O)NC(C)(C2CC2)C1=O. The van der Waals surface area contributed by atoms with E-state index in [9.17, 15) is 22.8 Å². The first kappa shape index (κ1) is 14.1. The highest BCUT2D eigenvalue weighted by atomic mass is 19.4. The summed E-state index contributed by atoms with van der Waals surface area (Å²) in [5.74, 6) is -0.737. The summed E-state index contributed by atoms with van der Waals surface area (Å²) in [6.07, 6.45) is -3.79. The van der Waals surface area contributed by atoms with Gasteiger partial charge in [0.2, 0.25) is 11.8 Å². The molecule has 108 valence electrons. The Labute approximate surface area is 109 Å². The molecule has 1 aliphatic carbocycles. The van der Waals surface area contributed by atoms with Crippen molar-refractivity contribution in [3.05, 3.63) is 0 Å². The van der Waals surface area contributed by atoms with Crippen LogP contribution >= 0.6 is 0 Å². The molecule has 0 aromatic carbocycles. The Morgan fingerprint density at radius 1 is 1.42 bits per heavy atom. The Morgan fingerprint density at radius 2 is 2.00 bits per heavy atom. The molecule has 1 aliphatic heterocycles. The summed E-state index contributed by atoms with van der Waals surface area (Å²) >= 11 is 0. The van der Waals surface area contributed by atoms with E-state index in [0.29, 0.717) is 0 Å². The van der Waals surface area contributed by atoms with Gasteiger partial charge in [0.05, 0.1) is 13.0 Å². The smallest absolute Gasteiger partial charge is 0.340 e. The van der Waals surface area contributed by atoms with E-state index in [2.05, 4.69) is 5.32 Å². The summed E-state index contributed by atoms with van der Waals surface area (Å²) in [6, 6.07) is -1.02. The van der Waals surface area contributed by atoms with Crippen molar-refractivity contribution in [3.8, 4) is 0 Å². The van der Waals surface area contributed by atoms with Gasteiger partial charge in [-0.05, 0) is 32.6 Å². The lowest BCUT2D eigenvalue weighted by molar-refractivity contribution is -0.164. The van der Waals surface area contributed by atoms with Crippen molar-refractivity contribution in [1.82, 2.24) is 10.2 Å². The molecule has 2 unspecified atom stereocenters. The zero-order valence-electron chi connectivity index (χ0n) is 10.9. The molecule has 0 spiro atoms. The predicted molar refractivity (Wildman–Crippen MR) is 61.1 cm³/mol. The summed E-state index contributed by atoms with van der Waals surface area (Å²) in [5, 5.41) is 2.64. The van der Waals surface area contributed by atoms with E-state index in [0.717, 1.165) is 17.7 Å². The fraction of sp³-hybridized carbons (Fsp3) is 0.833. The van der Waals surface area contributed by atoms with Gasteiger partial charge in [-0.15, -0.1) is 0 Å². The number of amides is 2. The highest BCUT2D eigenvalue weighted by molar-refractivity contribution is 5.98. The summed E-state index contributed by atoms with van der Waals surface area (Å²) in [7, 11) is 0. The van der Waals surface area contributed by atoms with E-state index in [-0.39, 0.29) is 18.4 Å². The highest BCUT2D eigenvalue weighted by Crippen LogP contribution is 2.42. The van der Waals surface area contributed by atoms with Gasteiger partial charge in [0.1, 0.15) is 5.54 Å². The molecule has 2 rings (SSSR count). The van der Waals surface area contributed by atoms with Crippen molar-refractivity contribution in [1.29, 1.82) is 0 Å². The molecule has 19 heavy (non-hydrogen) atoms. The number of rotatable bonds is 3. The minimum absolute atomic E-state index is 0.0461. The van der Waals surface area contributed by atoms with Crippen molar-refractivity contribution in [2.24, 2.45) is 5.92 Å². The average molecular weight is 278 g/mol. The zero-order chi connectivity index (χ0) is 14.4. The Bertz CT molecular complexity index is 406. The normalized spacial score (nSPS) is 30.3. The number of piperazine rings is 1. The summed E-state index contributed by atoms with van der Waals surface area (Å²) in [4.78, 5) is 25.1.